The highest BCUT2D eigenvalue weighted by atomic mass is 35.5. The maximum Gasteiger partial charge on any atom is 0.138 e. The second-order valence-corrected chi connectivity index (χ2v) is 5.38. The van der Waals surface area contributed by atoms with E-state index < -0.39 is 0 Å². The number of hydrogen-bond acceptors (Lipinski definition) is 2. The third kappa shape index (κ3) is 5.31. The number of benzene rings is 1. The number of ether oxygens (including phenoxy) is 1. The lowest BCUT2D eigenvalue weighted by atomic mass is 10.1. The highest BCUT2D eigenvalue weighted by Gasteiger charge is 2.04. The number of halogens is 1. The van der Waals surface area contributed by atoms with E-state index in [0.29, 0.717) is 23.6 Å². The van der Waals surface area contributed by atoms with Gasteiger partial charge in [0.15, 0.2) is 0 Å². The van der Waals surface area contributed by atoms with E-state index >= 15 is 0 Å². The second-order valence-electron chi connectivity index (χ2n) is 4.98. The van der Waals surface area contributed by atoms with Crippen LogP contribution < -0.4 is 10.1 Å². The zero-order chi connectivity index (χ0) is 12.8. The minimum Gasteiger partial charge on any atom is -0.492 e. The lowest BCUT2D eigenvalue weighted by Crippen LogP contribution is -2.09. The molecule has 1 aromatic rings. The smallest absolute Gasteiger partial charge is 0.138 e. The molecule has 0 unspecified atom stereocenters. The summed E-state index contributed by atoms with van der Waals surface area (Å²) < 4.78 is 5.65. The van der Waals surface area contributed by atoms with E-state index in [-0.39, 0.29) is 0 Å². The van der Waals surface area contributed by atoms with Crippen LogP contribution in [0.3, 0.4) is 0 Å². The lowest BCUT2D eigenvalue weighted by Gasteiger charge is -2.13. The summed E-state index contributed by atoms with van der Waals surface area (Å²) in [7, 11) is 0. The monoisotopic (exact) mass is 255 g/mol. The van der Waals surface area contributed by atoms with Gasteiger partial charge in [0.2, 0.25) is 0 Å². The van der Waals surface area contributed by atoms with Gasteiger partial charge in [0.1, 0.15) is 5.75 Å². The molecule has 1 N–H and O–H groups in total. The molecule has 1 rings (SSSR count). The largest absolute Gasteiger partial charge is 0.492 e. The summed E-state index contributed by atoms with van der Waals surface area (Å²) in [6, 6.07) is 6.23. The Kier molecular flexibility index (Phi) is 5.63. The summed E-state index contributed by atoms with van der Waals surface area (Å²) in [4.78, 5) is 0. The third-order valence-corrected chi connectivity index (χ3v) is 2.64. The van der Waals surface area contributed by atoms with Crippen LogP contribution in [0.2, 0.25) is 5.02 Å². The summed E-state index contributed by atoms with van der Waals surface area (Å²) in [5, 5.41) is 3.97. The Morgan fingerprint density at radius 1 is 1.24 bits per heavy atom. The van der Waals surface area contributed by atoms with Gasteiger partial charge in [-0.1, -0.05) is 25.4 Å². The molecule has 0 fully saturated rings. The van der Waals surface area contributed by atoms with Crippen LogP contribution >= 0.6 is 11.6 Å². The molecule has 0 bridgehead atoms. The Hall–Kier alpha value is -0.890. The fraction of sp³-hybridized carbons (Fsp3) is 0.571. The first-order valence-electron chi connectivity index (χ1n) is 6.18. The lowest BCUT2D eigenvalue weighted by molar-refractivity contribution is 0.289. The molecule has 0 saturated carbocycles. The highest BCUT2D eigenvalue weighted by molar-refractivity contribution is 6.32. The first-order chi connectivity index (χ1) is 7.99. The van der Waals surface area contributed by atoms with E-state index in [2.05, 4.69) is 33.0 Å². The first-order valence-corrected chi connectivity index (χ1v) is 6.55. The molecular formula is C14H22ClNO. The third-order valence-electron chi connectivity index (χ3n) is 2.34. The van der Waals surface area contributed by atoms with Crippen LogP contribution in [0.4, 0.5) is 5.69 Å². The van der Waals surface area contributed by atoms with Crippen molar-refractivity contribution in [3.63, 3.8) is 0 Å². The fourth-order valence-electron chi connectivity index (χ4n) is 1.45. The van der Waals surface area contributed by atoms with Crippen molar-refractivity contribution in [1.29, 1.82) is 0 Å². The van der Waals surface area contributed by atoms with Gasteiger partial charge >= 0.3 is 0 Å². The molecule has 0 aliphatic carbocycles. The molecule has 0 atom stereocenters. The van der Waals surface area contributed by atoms with Gasteiger partial charge in [-0.05, 0) is 44.4 Å². The van der Waals surface area contributed by atoms with Gasteiger partial charge in [-0.2, -0.15) is 0 Å². The molecule has 0 radical (unpaired) electrons. The van der Waals surface area contributed by atoms with Crippen LogP contribution in [0.5, 0.6) is 5.75 Å². The van der Waals surface area contributed by atoms with Crippen molar-refractivity contribution in [3.05, 3.63) is 23.2 Å². The number of hydrogen-bond donors (Lipinski definition) is 1. The van der Waals surface area contributed by atoms with Gasteiger partial charge < -0.3 is 10.1 Å². The normalized spacial score (nSPS) is 11.0. The zero-order valence-corrected chi connectivity index (χ0v) is 11.8. The first kappa shape index (κ1) is 14.2. The van der Waals surface area contributed by atoms with Crippen LogP contribution in [0.25, 0.3) is 0 Å². The van der Waals surface area contributed by atoms with Crippen molar-refractivity contribution < 1.29 is 4.74 Å². The van der Waals surface area contributed by atoms with Crippen molar-refractivity contribution in [1.82, 2.24) is 0 Å². The Labute approximate surface area is 109 Å². The Bertz CT molecular complexity index is 350. The maximum absolute atomic E-state index is 6.16. The van der Waals surface area contributed by atoms with Crippen molar-refractivity contribution in [2.75, 3.05) is 11.9 Å². The molecule has 3 heteroatoms. The molecule has 0 aromatic heterocycles. The number of rotatable bonds is 6. The maximum atomic E-state index is 6.16. The average molecular weight is 256 g/mol. The Morgan fingerprint density at radius 2 is 1.94 bits per heavy atom. The average Bonchev–Trinajstić information content (AvgIpc) is 2.20. The minimum absolute atomic E-state index is 0.402. The summed E-state index contributed by atoms with van der Waals surface area (Å²) in [6.07, 6.45) is 1.04. The van der Waals surface area contributed by atoms with Gasteiger partial charge in [0, 0.05) is 11.7 Å². The molecule has 0 aliphatic rings. The number of nitrogens with one attached hydrogen (secondary N) is 1. The van der Waals surface area contributed by atoms with Gasteiger partial charge in [-0.3, -0.25) is 0 Å². The predicted molar refractivity (Wildman–Crippen MR) is 75.2 cm³/mol. The van der Waals surface area contributed by atoms with E-state index in [1.165, 1.54) is 0 Å². The van der Waals surface area contributed by atoms with Crippen molar-refractivity contribution in [2.45, 2.75) is 40.2 Å². The Balaban J connectivity index is 2.57. The quantitative estimate of drug-likeness (QED) is 0.803. The molecule has 96 valence electrons. The van der Waals surface area contributed by atoms with E-state index in [0.717, 1.165) is 17.9 Å². The summed E-state index contributed by atoms with van der Waals surface area (Å²) in [6.45, 7) is 9.28. The van der Waals surface area contributed by atoms with Crippen LogP contribution in [0.15, 0.2) is 18.2 Å². The molecule has 0 heterocycles. The molecule has 0 amide bonds. The highest BCUT2D eigenvalue weighted by Crippen LogP contribution is 2.28. The standard InChI is InChI=1S/C14H22ClNO/c1-10(2)7-8-17-14-6-5-12(9-13(14)15)16-11(3)4/h5-6,9-11,16H,7-8H2,1-4H3. The van der Waals surface area contributed by atoms with E-state index in [1.54, 1.807) is 0 Å². The van der Waals surface area contributed by atoms with Crippen LogP contribution in [0, 0.1) is 5.92 Å². The molecular weight excluding hydrogens is 234 g/mol. The van der Waals surface area contributed by atoms with Crippen molar-refractivity contribution in [3.8, 4) is 5.75 Å². The summed E-state index contributed by atoms with van der Waals surface area (Å²) in [5.74, 6) is 1.41. The van der Waals surface area contributed by atoms with Crippen molar-refractivity contribution >= 4 is 17.3 Å². The van der Waals surface area contributed by atoms with Gasteiger partial charge in [-0.15, -0.1) is 0 Å². The molecule has 0 saturated heterocycles. The van der Waals surface area contributed by atoms with Crippen LogP contribution in [-0.4, -0.2) is 12.6 Å². The van der Waals surface area contributed by atoms with E-state index in [4.69, 9.17) is 16.3 Å². The van der Waals surface area contributed by atoms with Crippen LogP contribution in [-0.2, 0) is 0 Å². The van der Waals surface area contributed by atoms with Crippen molar-refractivity contribution in [2.24, 2.45) is 5.92 Å². The van der Waals surface area contributed by atoms with Gasteiger partial charge in [0.25, 0.3) is 0 Å². The van der Waals surface area contributed by atoms with E-state index in [9.17, 15) is 0 Å². The van der Waals surface area contributed by atoms with Crippen LogP contribution in [0.1, 0.15) is 34.1 Å². The molecule has 2 nitrogen and oxygen atoms in total. The molecule has 0 aliphatic heterocycles. The topological polar surface area (TPSA) is 21.3 Å². The number of anilines is 1. The zero-order valence-electron chi connectivity index (χ0n) is 11.1. The predicted octanol–water partition coefficient (Wildman–Crippen LogP) is 4.59. The minimum atomic E-state index is 0.402. The SMILES string of the molecule is CC(C)CCOc1ccc(NC(C)C)cc1Cl. The van der Waals surface area contributed by atoms with Gasteiger partial charge in [-0.25, -0.2) is 0 Å². The molecule has 17 heavy (non-hydrogen) atoms. The summed E-state index contributed by atoms with van der Waals surface area (Å²) in [5.41, 5.74) is 1.03. The van der Waals surface area contributed by atoms with Gasteiger partial charge in [0.05, 0.1) is 11.6 Å². The second kappa shape index (κ2) is 6.75. The molecule has 1 aromatic carbocycles. The van der Waals surface area contributed by atoms with E-state index in [1.807, 2.05) is 18.2 Å². The fourth-order valence-corrected chi connectivity index (χ4v) is 1.68. The summed E-state index contributed by atoms with van der Waals surface area (Å²) >= 11 is 6.16. The Morgan fingerprint density at radius 3 is 2.47 bits per heavy atom. The molecule has 0 spiro atoms.